The second kappa shape index (κ2) is 8.46. The summed E-state index contributed by atoms with van der Waals surface area (Å²) in [6.07, 6.45) is 0. The number of aliphatic hydroxyl groups is 1. The molecule has 0 aliphatic carbocycles. The van der Waals surface area contributed by atoms with Crippen LogP contribution in [0.15, 0.2) is 48.0 Å². The highest BCUT2D eigenvalue weighted by Gasteiger charge is 2.47. The minimum atomic E-state index is -1.30. The molecule has 1 unspecified atom stereocenters. The molecule has 2 aromatic carbocycles. The summed E-state index contributed by atoms with van der Waals surface area (Å²) in [7, 11) is 2.87. The first-order valence-corrected chi connectivity index (χ1v) is 9.14. The molecule has 1 aliphatic rings. The van der Waals surface area contributed by atoms with Crippen molar-refractivity contribution in [1.82, 2.24) is 4.90 Å². The number of carbonyl (C=O) groups is 3. The molecule has 1 fully saturated rings. The van der Waals surface area contributed by atoms with Crippen LogP contribution in [0.25, 0.3) is 5.76 Å². The Hall–Kier alpha value is -3.52. The monoisotopic (exact) mass is 431 g/mol. The van der Waals surface area contributed by atoms with Gasteiger partial charge in [-0.05, 0) is 42.0 Å². The van der Waals surface area contributed by atoms with Crippen LogP contribution in [-0.4, -0.2) is 53.5 Å². The lowest BCUT2D eigenvalue weighted by Crippen LogP contribution is -2.34. The maximum atomic E-state index is 12.8. The summed E-state index contributed by atoms with van der Waals surface area (Å²) in [5.74, 6) is -3.00. The van der Waals surface area contributed by atoms with Gasteiger partial charge in [-0.1, -0.05) is 17.7 Å². The molecule has 1 amide bonds. The number of carbonyl (C=O) groups excluding carboxylic acids is 2. The molecule has 0 spiro atoms. The van der Waals surface area contributed by atoms with Crippen LogP contribution in [0.1, 0.15) is 17.2 Å². The second-order valence-corrected chi connectivity index (χ2v) is 6.88. The van der Waals surface area contributed by atoms with Crippen molar-refractivity contribution >= 4 is 35.0 Å². The van der Waals surface area contributed by atoms with Crippen molar-refractivity contribution in [3.63, 3.8) is 0 Å². The maximum absolute atomic E-state index is 12.8. The van der Waals surface area contributed by atoms with Crippen molar-refractivity contribution < 1.29 is 34.1 Å². The first-order valence-electron chi connectivity index (χ1n) is 8.76. The lowest BCUT2D eigenvalue weighted by atomic mass is 9.95. The molecule has 0 bridgehead atoms. The number of ketones is 1. The van der Waals surface area contributed by atoms with Gasteiger partial charge < -0.3 is 24.6 Å². The molecule has 1 atom stereocenters. The number of benzene rings is 2. The first-order chi connectivity index (χ1) is 14.3. The quantitative estimate of drug-likeness (QED) is 0.410. The normalized spacial score (nSPS) is 17.8. The highest BCUT2D eigenvalue weighted by molar-refractivity contribution is 6.46. The van der Waals surface area contributed by atoms with Gasteiger partial charge in [0.1, 0.15) is 12.3 Å². The van der Waals surface area contributed by atoms with Crippen LogP contribution < -0.4 is 9.47 Å². The Kier molecular flexibility index (Phi) is 5.98. The first kappa shape index (κ1) is 21.2. The largest absolute Gasteiger partial charge is 0.507 e. The minimum Gasteiger partial charge on any atom is -0.507 e. The van der Waals surface area contributed by atoms with Gasteiger partial charge >= 0.3 is 5.97 Å². The lowest BCUT2D eigenvalue weighted by Gasteiger charge is -2.24. The molecular formula is C21H18ClNO7. The van der Waals surface area contributed by atoms with Gasteiger partial charge in [-0.3, -0.25) is 14.4 Å². The zero-order valence-corrected chi connectivity index (χ0v) is 16.8. The number of carboxylic acids is 1. The molecule has 0 aromatic heterocycles. The molecule has 1 heterocycles. The fraction of sp³-hybridized carbons (Fsp3) is 0.190. The van der Waals surface area contributed by atoms with Crippen molar-refractivity contribution in [3.8, 4) is 11.5 Å². The second-order valence-electron chi connectivity index (χ2n) is 6.44. The van der Waals surface area contributed by atoms with E-state index >= 15 is 0 Å². The molecule has 2 N–H and O–H groups in total. The summed E-state index contributed by atoms with van der Waals surface area (Å²) < 4.78 is 10.5. The molecule has 8 nitrogen and oxygen atoms in total. The number of Topliss-reactive ketones (excluding diaryl/α,β-unsaturated/α-hetero) is 1. The molecule has 0 radical (unpaired) electrons. The number of ether oxygens (including phenoxy) is 2. The summed E-state index contributed by atoms with van der Waals surface area (Å²) in [5, 5.41) is 20.5. The molecule has 2 aromatic rings. The van der Waals surface area contributed by atoms with E-state index in [1.54, 1.807) is 12.1 Å². The third-order valence-electron chi connectivity index (χ3n) is 4.69. The number of hydrogen-bond donors (Lipinski definition) is 2. The number of halogens is 1. The van der Waals surface area contributed by atoms with Crippen LogP contribution in [0.4, 0.5) is 0 Å². The van der Waals surface area contributed by atoms with Crippen LogP contribution >= 0.6 is 11.6 Å². The van der Waals surface area contributed by atoms with Gasteiger partial charge in [-0.25, -0.2) is 0 Å². The van der Waals surface area contributed by atoms with Crippen molar-refractivity contribution in [2.24, 2.45) is 0 Å². The van der Waals surface area contributed by atoms with Crippen molar-refractivity contribution in [1.29, 1.82) is 0 Å². The SMILES string of the molecule is COc1ccc(C2/C(=C(/O)c3ccc(Cl)cc3)C(=O)C(=O)N2CC(=O)O)cc1OC. The predicted octanol–water partition coefficient (Wildman–Crippen LogP) is 2.86. The Bertz CT molecular complexity index is 1050. The number of methoxy groups -OCH3 is 2. The minimum absolute atomic E-state index is 0.226. The Labute approximate surface area is 176 Å². The van der Waals surface area contributed by atoms with Gasteiger partial charge in [-0.15, -0.1) is 0 Å². The number of amides is 1. The van der Waals surface area contributed by atoms with Gasteiger partial charge in [0.2, 0.25) is 0 Å². The number of nitrogens with zero attached hydrogens (tertiary/aromatic N) is 1. The molecule has 9 heteroatoms. The zero-order chi connectivity index (χ0) is 22.0. The van der Waals surface area contributed by atoms with E-state index in [9.17, 15) is 24.6 Å². The third-order valence-corrected chi connectivity index (χ3v) is 4.94. The lowest BCUT2D eigenvalue weighted by molar-refractivity contribution is -0.146. The molecule has 156 valence electrons. The van der Waals surface area contributed by atoms with Gasteiger partial charge in [0, 0.05) is 10.6 Å². The zero-order valence-electron chi connectivity index (χ0n) is 16.1. The van der Waals surface area contributed by atoms with Gasteiger partial charge in [0.05, 0.1) is 25.8 Å². The summed E-state index contributed by atoms with van der Waals surface area (Å²) in [6, 6.07) is 9.57. The third kappa shape index (κ3) is 3.81. The fourth-order valence-corrected chi connectivity index (χ4v) is 3.45. The topological polar surface area (TPSA) is 113 Å². The molecule has 0 saturated carbocycles. The van der Waals surface area contributed by atoms with Crippen molar-refractivity contribution in [2.45, 2.75) is 6.04 Å². The molecular weight excluding hydrogens is 414 g/mol. The smallest absolute Gasteiger partial charge is 0.323 e. The van der Waals surface area contributed by atoms with E-state index in [4.69, 9.17) is 21.1 Å². The number of aliphatic hydroxyl groups excluding tert-OH is 1. The summed E-state index contributed by atoms with van der Waals surface area (Å²) >= 11 is 5.88. The average molecular weight is 432 g/mol. The van der Waals surface area contributed by atoms with Crippen molar-refractivity contribution in [3.05, 3.63) is 64.2 Å². The van der Waals surface area contributed by atoms with E-state index < -0.39 is 36.0 Å². The van der Waals surface area contributed by atoms with E-state index in [1.807, 2.05) is 0 Å². The maximum Gasteiger partial charge on any atom is 0.323 e. The van der Waals surface area contributed by atoms with Crippen LogP contribution in [-0.2, 0) is 14.4 Å². The number of likely N-dealkylation sites (tertiary alicyclic amines) is 1. The predicted molar refractivity (Wildman–Crippen MR) is 108 cm³/mol. The molecule has 30 heavy (non-hydrogen) atoms. The summed E-state index contributed by atoms with van der Waals surface area (Å²) in [6.45, 7) is -0.721. The number of rotatable bonds is 6. The fourth-order valence-electron chi connectivity index (χ4n) is 3.32. The van der Waals surface area contributed by atoms with E-state index in [1.165, 1.54) is 44.6 Å². The van der Waals surface area contributed by atoms with Gasteiger partial charge in [-0.2, -0.15) is 0 Å². The van der Waals surface area contributed by atoms with Crippen LogP contribution in [0.2, 0.25) is 5.02 Å². The highest BCUT2D eigenvalue weighted by atomic mass is 35.5. The van der Waals surface area contributed by atoms with E-state index in [-0.39, 0.29) is 11.1 Å². The Morgan fingerprint density at radius 3 is 2.23 bits per heavy atom. The van der Waals surface area contributed by atoms with Crippen molar-refractivity contribution in [2.75, 3.05) is 20.8 Å². The van der Waals surface area contributed by atoms with E-state index in [2.05, 4.69) is 0 Å². The summed E-state index contributed by atoms with van der Waals surface area (Å²) in [4.78, 5) is 37.6. The Morgan fingerprint density at radius 1 is 1.03 bits per heavy atom. The standard InChI is InChI=1S/C21H18ClNO7/c1-29-14-8-5-12(9-15(14)30-2)18-17(19(26)11-3-6-13(22)7-4-11)20(27)21(28)23(18)10-16(24)25/h3-9,18,26H,10H2,1-2H3,(H,24,25)/b19-17-. The van der Waals surface area contributed by atoms with Crippen LogP contribution in [0.3, 0.4) is 0 Å². The van der Waals surface area contributed by atoms with E-state index in [0.29, 0.717) is 22.1 Å². The van der Waals surface area contributed by atoms with Gasteiger partial charge in [0.25, 0.3) is 11.7 Å². The summed E-state index contributed by atoms with van der Waals surface area (Å²) in [5.41, 5.74) is 0.414. The Morgan fingerprint density at radius 2 is 1.67 bits per heavy atom. The Balaban J connectivity index is 2.22. The number of carboxylic acid groups (broad SMARTS) is 1. The molecule has 1 aliphatic heterocycles. The molecule has 1 saturated heterocycles. The van der Waals surface area contributed by atoms with Crippen LogP contribution in [0, 0.1) is 0 Å². The highest BCUT2D eigenvalue weighted by Crippen LogP contribution is 2.41. The average Bonchev–Trinajstić information content (AvgIpc) is 2.97. The van der Waals surface area contributed by atoms with Crippen LogP contribution in [0.5, 0.6) is 11.5 Å². The number of aliphatic carboxylic acids is 1. The van der Waals surface area contributed by atoms with Gasteiger partial charge in [0.15, 0.2) is 11.5 Å². The number of hydrogen-bond acceptors (Lipinski definition) is 6. The molecule has 3 rings (SSSR count). The van der Waals surface area contributed by atoms with E-state index in [0.717, 1.165) is 4.90 Å².